The number of halogens is 4. The van der Waals surface area contributed by atoms with Gasteiger partial charge in [-0.15, -0.1) is 11.3 Å². The normalized spacial score (nSPS) is 16.0. The van der Waals surface area contributed by atoms with Crippen LogP contribution in [-0.4, -0.2) is 64.9 Å². The molecule has 15 heteroatoms. The first-order chi connectivity index (χ1) is 21.4. The average Bonchev–Trinajstić information content (AvgIpc) is 3.66. The van der Waals surface area contributed by atoms with E-state index in [0.717, 1.165) is 37.3 Å². The van der Waals surface area contributed by atoms with Gasteiger partial charge in [0.05, 0.1) is 17.0 Å². The van der Waals surface area contributed by atoms with E-state index in [1.54, 1.807) is 11.6 Å². The lowest BCUT2D eigenvalue weighted by Gasteiger charge is -2.14. The maximum absolute atomic E-state index is 15.3. The molecule has 1 unspecified atom stereocenters. The molecular weight excluding hydrogens is 632 g/mol. The van der Waals surface area contributed by atoms with Crippen molar-refractivity contribution in [2.24, 2.45) is 0 Å². The zero-order valence-electron chi connectivity index (χ0n) is 23.8. The topological polar surface area (TPSA) is 110 Å². The minimum absolute atomic E-state index is 0.00148. The van der Waals surface area contributed by atoms with Crippen molar-refractivity contribution < 1.29 is 26.0 Å². The molecule has 1 aliphatic heterocycles. The number of nitrogens with zero attached hydrogens (tertiary/aromatic N) is 5. The molecule has 0 radical (unpaired) electrons. The van der Waals surface area contributed by atoms with Gasteiger partial charge in [-0.25, -0.2) is 22.8 Å². The van der Waals surface area contributed by atoms with Gasteiger partial charge in [-0.2, -0.15) is 18.2 Å². The smallest absolute Gasteiger partial charge is 0.324 e. The lowest BCUT2D eigenvalue weighted by Crippen LogP contribution is -2.24. The lowest BCUT2D eigenvalue weighted by atomic mass is 9.98. The Hall–Kier alpha value is -4.21. The van der Waals surface area contributed by atoms with Crippen LogP contribution < -0.4 is 10.9 Å². The first-order valence-electron chi connectivity index (χ1n) is 13.8. The molecule has 0 bridgehead atoms. The van der Waals surface area contributed by atoms with Gasteiger partial charge < -0.3 is 10.2 Å². The number of fused-ring (bicyclic) bond motifs is 1. The summed E-state index contributed by atoms with van der Waals surface area (Å²) in [6.07, 6.45) is -0.860. The molecule has 2 aromatic carbocycles. The van der Waals surface area contributed by atoms with Gasteiger partial charge in [0.2, 0.25) is 5.95 Å². The summed E-state index contributed by atoms with van der Waals surface area (Å²) in [6.45, 7) is 2.06. The second-order valence-electron chi connectivity index (χ2n) is 10.9. The molecule has 0 saturated carbocycles. The van der Waals surface area contributed by atoms with Crippen LogP contribution in [0.5, 0.6) is 0 Å². The first kappa shape index (κ1) is 30.8. The van der Waals surface area contributed by atoms with Crippen molar-refractivity contribution in [3.05, 3.63) is 93.0 Å². The molecule has 45 heavy (non-hydrogen) atoms. The molecule has 4 heterocycles. The molecule has 1 atom stereocenters. The number of alkyl halides is 3. The Balaban J connectivity index is 1.37. The zero-order valence-corrected chi connectivity index (χ0v) is 25.4. The Morgan fingerprint density at radius 3 is 2.49 bits per heavy atom. The summed E-state index contributed by atoms with van der Waals surface area (Å²) in [6, 6.07) is 11.7. The Morgan fingerprint density at radius 2 is 1.84 bits per heavy atom. The maximum Gasteiger partial charge on any atom is 0.403 e. The number of pyridine rings is 1. The van der Waals surface area contributed by atoms with Gasteiger partial charge in [0.15, 0.2) is 15.6 Å². The zero-order chi connectivity index (χ0) is 31.9. The minimum atomic E-state index is -5.00. The van der Waals surface area contributed by atoms with Crippen molar-refractivity contribution in [1.29, 1.82) is 0 Å². The molecule has 9 nitrogen and oxygen atoms in total. The predicted octanol–water partition coefficient (Wildman–Crippen LogP) is 5.60. The second-order valence-corrected chi connectivity index (χ2v) is 13.8. The van der Waals surface area contributed by atoms with Gasteiger partial charge >= 0.3 is 6.18 Å². The number of thiazole rings is 1. The highest BCUT2D eigenvalue weighted by Crippen LogP contribution is 2.30. The fraction of sp³-hybridized carbons (Fsp3) is 0.267. The van der Waals surface area contributed by atoms with Crippen LogP contribution in [0.15, 0.2) is 76.0 Å². The van der Waals surface area contributed by atoms with Gasteiger partial charge in [0, 0.05) is 41.0 Å². The minimum Gasteiger partial charge on any atom is -0.324 e. The summed E-state index contributed by atoms with van der Waals surface area (Å²) in [4.78, 5) is 28.5. The van der Waals surface area contributed by atoms with Crippen molar-refractivity contribution >= 4 is 43.8 Å². The maximum atomic E-state index is 15.3. The van der Waals surface area contributed by atoms with E-state index in [1.165, 1.54) is 33.7 Å². The van der Waals surface area contributed by atoms with Crippen molar-refractivity contribution in [3.8, 4) is 11.1 Å². The quantitative estimate of drug-likeness (QED) is 0.215. The molecule has 1 aliphatic rings. The number of hydrogen-bond acceptors (Lipinski definition) is 9. The van der Waals surface area contributed by atoms with Gasteiger partial charge in [0.1, 0.15) is 16.5 Å². The summed E-state index contributed by atoms with van der Waals surface area (Å²) in [5, 5.41) is 5.85. The van der Waals surface area contributed by atoms with E-state index >= 15 is 4.39 Å². The Morgan fingerprint density at radius 1 is 1.07 bits per heavy atom. The van der Waals surface area contributed by atoms with Crippen molar-refractivity contribution in [1.82, 2.24) is 24.4 Å². The molecule has 1 saturated heterocycles. The highest BCUT2D eigenvalue weighted by Gasteiger charge is 2.36. The summed E-state index contributed by atoms with van der Waals surface area (Å²) >= 11 is 1.30. The molecule has 0 aliphatic carbocycles. The monoisotopic (exact) mass is 658 g/mol. The van der Waals surface area contributed by atoms with Crippen molar-refractivity contribution in [2.45, 2.75) is 30.0 Å². The highest BCUT2D eigenvalue weighted by molar-refractivity contribution is 7.91. The SMILES string of the molecule is CN1CCC(c2ccc(Nc3ncc4cc(-c5ccc(S(=O)(=O)CC(F)(F)F)cc5F)c(=O)n(Cc5nccs5)c4n3)cc2)C1. The molecule has 5 aromatic rings. The Labute approximate surface area is 259 Å². The van der Waals surface area contributed by atoms with Crippen LogP contribution in [0.3, 0.4) is 0 Å². The van der Waals surface area contributed by atoms with Crippen LogP contribution in [0.4, 0.5) is 29.2 Å². The predicted molar refractivity (Wildman–Crippen MR) is 163 cm³/mol. The molecule has 234 valence electrons. The molecule has 0 spiro atoms. The van der Waals surface area contributed by atoms with Crippen molar-refractivity contribution in [2.75, 3.05) is 31.2 Å². The molecular formula is C30H26F4N6O3S2. The first-order valence-corrected chi connectivity index (χ1v) is 16.3. The number of rotatable bonds is 8. The summed E-state index contributed by atoms with van der Waals surface area (Å²) in [5.41, 5.74) is 1.15. The number of likely N-dealkylation sites (N-methyl/N-ethyl adjacent to an activating group) is 1. The van der Waals surface area contributed by atoms with E-state index in [4.69, 9.17) is 0 Å². The van der Waals surface area contributed by atoms with Crippen LogP contribution >= 0.6 is 11.3 Å². The van der Waals surface area contributed by atoms with Crippen molar-refractivity contribution in [3.63, 3.8) is 0 Å². The largest absolute Gasteiger partial charge is 0.403 e. The van der Waals surface area contributed by atoms with Crippen LogP contribution in [0.25, 0.3) is 22.2 Å². The second kappa shape index (κ2) is 11.9. The molecule has 0 amide bonds. The van der Waals surface area contributed by atoms with Gasteiger partial charge in [-0.05, 0) is 67.9 Å². The lowest BCUT2D eigenvalue weighted by molar-refractivity contribution is -0.106. The van der Waals surface area contributed by atoms with Gasteiger partial charge in [-0.3, -0.25) is 9.36 Å². The highest BCUT2D eigenvalue weighted by atomic mass is 32.2. The number of likely N-dealkylation sites (tertiary alicyclic amines) is 1. The number of benzene rings is 2. The molecule has 6 rings (SSSR count). The Kier molecular flexibility index (Phi) is 8.18. The van der Waals surface area contributed by atoms with Crippen LogP contribution in [0.2, 0.25) is 0 Å². The average molecular weight is 659 g/mol. The fourth-order valence-corrected chi connectivity index (χ4v) is 7.17. The third kappa shape index (κ3) is 6.74. The fourth-order valence-electron chi connectivity index (χ4n) is 5.41. The van der Waals surface area contributed by atoms with E-state index in [2.05, 4.69) is 44.3 Å². The number of hydrogen-bond donors (Lipinski definition) is 1. The summed E-state index contributed by atoms with van der Waals surface area (Å²) in [5.74, 6) is -2.60. The molecule has 3 aromatic heterocycles. The standard InChI is InChI=1S/C30H26F4N6O3S2/c1-39-10-8-19(15-39)18-2-4-21(5-3-18)37-29-36-14-20-12-24(28(41)40(27(20)38-29)16-26-35-9-11-44-26)23-7-6-22(13-25(23)31)45(42,43)17-30(32,33)34/h2-7,9,11-14,19H,8,10,15-17H2,1H3,(H,36,37,38). The van der Waals surface area contributed by atoms with Gasteiger partial charge in [0.25, 0.3) is 5.56 Å². The molecule has 1 fully saturated rings. The molecule has 1 N–H and O–H groups in total. The van der Waals surface area contributed by atoms with E-state index in [1.807, 2.05) is 12.1 Å². The van der Waals surface area contributed by atoms with Crippen LogP contribution in [0.1, 0.15) is 22.9 Å². The third-order valence-corrected chi connectivity index (χ3v) is 10.0. The third-order valence-electron chi connectivity index (χ3n) is 7.58. The van der Waals surface area contributed by atoms with E-state index in [-0.39, 0.29) is 29.3 Å². The number of aromatic nitrogens is 4. The number of nitrogens with one attached hydrogen (secondary N) is 1. The number of anilines is 2. The van der Waals surface area contributed by atoms with Crippen LogP contribution in [0, 0.1) is 5.82 Å². The summed E-state index contributed by atoms with van der Waals surface area (Å²) < 4.78 is 79.3. The van der Waals surface area contributed by atoms with E-state index in [9.17, 15) is 26.4 Å². The van der Waals surface area contributed by atoms with Crippen LogP contribution in [-0.2, 0) is 16.4 Å². The summed E-state index contributed by atoms with van der Waals surface area (Å²) in [7, 11) is -2.75. The van der Waals surface area contributed by atoms with E-state index < -0.39 is 38.0 Å². The van der Waals surface area contributed by atoms with E-state index in [0.29, 0.717) is 22.4 Å². The van der Waals surface area contributed by atoms with Gasteiger partial charge in [-0.1, -0.05) is 12.1 Å². The number of sulfone groups is 1. The Bertz CT molecular complexity index is 2030.